The fraction of sp³-hybridized carbons (Fsp3) is 0.0769. The lowest BCUT2D eigenvalue weighted by molar-refractivity contribution is 0.0691. The van der Waals surface area contributed by atoms with Crippen molar-refractivity contribution in [3.63, 3.8) is 0 Å². The van der Waals surface area contributed by atoms with E-state index in [4.69, 9.17) is 5.11 Å². The molecular weight excluding hydrogens is 202 g/mol. The highest BCUT2D eigenvalue weighted by Crippen LogP contribution is 2.18. The normalized spacial score (nSPS) is 10.2. The molecule has 1 aromatic heterocycles. The molecule has 0 unspecified atom stereocenters. The summed E-state index contributed by atoms with van der Waals surface area (Å²) in [5, 5.41) is 9.82. The molecule has 2 rings (SSSR count). The summed E-state index contributed by atoms with van der Waals surface area (Å²) in [7, 11) is 0. The third-order valence-corrected chi connectivity index (χ3v) is 2.41. The van der Waals surface area contributed by atoms with Crippen LogP contribution < -0.4 is 0 Å². The topological polar surface area (TPSA) is 50.2 Å². The number of aromatic carboxylic acids is 1. The van der Waals surface area contributed by atoms with Gasteiger partial charge in [0.15, 0.2) is 0 Å². The molecule has 1 N–H and O–H groups in total. The van der Waals surface area contributed by atoms with Crippen LogP contribution in [0.4, 0.5) is 0 Å². The maximum atomic E-state index is 10.8. The minimum atomic E-state index is -1.00. The maximum Gasteiger partial charge on any atom is 0.354 e. The highest BCUT2D eigenvalue weighted by atomic mass is 16.4. The Kier molecular flexibility index (Phi) is 2.68. The molecule has 0 aliphatic carbocycles. The first-order valence-electron chi connectivity index (χ1n) is 4.95. The van der Waals surface area contributed by atoms with Gasteiger partial charge in [-0.2, -0.15) is 0 Å². The van der Waals surface area contributed by atoms with Gasteiger partial charge in [0.05, 0.1) is 5.52 Å². The molecule has 0 aliphatic rings. The Morgan fingerprint density at radius 3 is 2.88 bits per heavy atom. The smallest absolute Gasteiger partial charge is 0.354 e. The van der Waals surface area contributed by atoms with Gasteiger partial charge in [-0.15, -0.1) is 6.58 Å². The van der Waals surface area contributed by atoms with Crippen LogP contribution in [0.5, 0.6) is 0 Å². The zero-order valence-corrected chi connectivity index (χ0v) is 8.68. The van der Waals surface area contributed by atoms with Gasteiger partial charge in [0.2, 0.25) is 0 Å². The van der Waals surface area contributed by atoms with Gasteiger partial charge < -0.3 is 5.11 Å². The van der Waals surface area contributed by atoms with Crippen LogP contribution in [0.2, 0.25) is 0 Å². The summed E-state index contributed by atoms with van der Waals surface area (Å²) in [4.78, 5) is 14.9. The molecule has 0 amide bonds. The number of carbonyl (C=O) groups is 1. The number of carboxylic acid groups (broad SMARTS) is 1. The molecule has 16 heavy (non-hydrogen) atoms. The summed E-state index contributed by atoms with van der Waals surface area (Å²) in [5.41, 5.74) is 1.89. The summed E-state index contributed by atoms with van der Waals surface area (Å²) < 4.78 is 0. The minimum absolute atomic E-state index is 0.0725. The molecule has 0 saturated heterocycles. The molecule has 0 bridgehead atoms. The lowest BCUT2D eigenvalue weighted by Gasteiger charge is -2.04. The SMILES string of the molecule is C=CCc1cccc2nc(C(=O)O)ccc12. The molecule has 3 nitrogen and oxygen atoms in total. The minimum Gasteiger partial charge on any atom is -0.477 e. The van der Waals surface area contributed by atoms with Gasteiger partial charge >= 0.3 is 5.97 Å². The summed E-state index contributed by atoms with van der Waals surface area (Å²) in [6.45, 7) is 3.69. The molecule has 0 spiro atoms. The van der Waals surface area contributed by atoms with E-state index in [2.05, 4.69) is 11.6 Å². The van der Waals surface area contributed by atoms with Crippen molar-refractivity contribution in [3.05, 3.63) is 54.2 Å². The Morgan fingerprint density at radius 2 is 2.19 bits per heavy atom. The second-order valence-corrected chi connectivity index (χ2v) is 3.48. The van der Waals surface area contributed by atoms with Crippen molar-refractivity contribution in [1.29, 1.82) is 0 Å². The number of allylic oxidation sites excluding steroid dienone is 1. The van der Waals surface area contributed by atoms with E-state index in [-0.39, 0.29) is 5.69 Å². The number of pyridine rings is 1. The summed E-state index contributed by atoms with van der Waals surface area (Å²) in [6.07, 6.45) is 2.57. The van der Waals surface area contributed by atoms with E-state index in [1.807, 2.05) is 24.3 Å². The van der Waals surface area contributed by atoms with Crippen molar-refractivity contribution in [3.8, 4) is 0 Å². The van der Waals surface area contributed by atoms with Crippen LogP contribution in [0, 0.1) is 0 Å². The molecule has 1 heterocycles. The van der Waals surface area contributed by atoms with Crippen molar-refractivity contribution >= 4 is 16.9 Å². The Balaban J connectivity index is 2.63. The van der Waals surface area contributed by atoms with Crippen LogP contribution in [-0.2, 0) is 6.42 Å². The number of rotatable bonds is 3. The lowest BCUT2D eigenvalue weighted by atomic mass is 10.1. The zero-order chi connectivity index (χ0) is 11.5. The second kappa shape index (κ2) is 4.14. The number of fused-ring (bicyclic) bond motifs is 1. The highest BCUT2D eigenvalue weighted by Gasteiger charge is 2.06. The summed E-state index contributed by atoms with van der Waals surface area (Å²) in [5.74, 6) is -1.00. The average Bonchev–Trinajstić information content (AvgIpc) is 2.29. The molecule has 0 saturated carbocycles. The fourth-order valence-electron chi connectivity index (χ4n) is 1.67. The van der Waals surface area contributed by atoms with Gasteiger partial charge in [-0.25, -0.2) is 9.78 Å². The van der Waals surface area contributed by atoms with Crippen molar-refractivity contribution in [2.75, 3.05) is 0 Å². The van der Waals surface area contributed by atoms with Crippen LogP contribution >= 0.6 is 0 Å². The van der Waals surface area contributed by atoms with E-state index >= 15 is 0 Å². The summed E-state index contributed by atoms with van der Waals surface area (Å²) in [6, 6.07) is 9.00. The standard InChI is InChI=1S/C13H11NO2/c1-2-4-9-5-3-6-11-10(9)7-8-12(14-11)13(15)16/h2-3,5-8H,1,4H2,(H,15,16). The molecule has 0 radical (unpaired) electrons. The van der Waals surface area contributed by atoms with Gasteiger partial charge in [-0.3, -0.25) is 0 Å². The predicted molar refractivity (Wildman–Crippen MR) is 62.6 cm³/mol. The second-order valence-electron chi connectivity index (χ2n) is 3.48. The average molecular weight is 213 g/mol. The first kappa shape index (κ1) is 10.4. The number of carboxylic acids is 1. The number of benzene rings is 1. The van der Waals surface area contributed by atoms with E-state index in [0.717, 1.165) is 17.4 Å². The Hall–Kier alpha value is -2.16. The number of hydrogen-bond donors (Lipinski definition) is 1. The molecule has 0 atom stereocenters. The van der Waals surface area contributed by atoms with Gasteiger partial charge in [0.25, 0.3) is 0 Å². The highest BCUT2D eigenvalue weighted by molar-refractivity contribution is 5.90. The monoisotopic (exact) mass is 213 g/mol. The maximum absolute atomic E-state index is 10.8. The molecule has 0 fully saturated rings. The number of hydrogen-bond acceptors (Lipinski definition) is 2. The third kappa shape index (κ3) is 1.80. The first-order chi connectivity index (χ1) is 7.72. The van der Waals surface area contributed by atoms with Crippen LogP contribution in [-0.4, -0.2) is 16.1 Å². The molecule has 0 aliphatic heterocycles. The quantitative estimate of drug-likeness (QED) is 0.797. The van der Waals surface area contributed by atoms with Gasteiger partial charge in [0, 0.05) is 5.39 Å². The Labute approximate surface area is 93.1 Å². The van der Waals surface area contributed by atoms with E-state index < -0.39 is 5.97 Å². The van der Waals surface area contributed by atoms with Crippen LogP contribution in [0.15, 0.2) is 43.0 Å². The molecule has 2 aromatic rings. The van der Waals surface area contributed by atoms with Crippen LogP contribution in [0.25, 0.3) is 10.9 Å². The van der Waals surface area contributed by atoms with Crippen molar-refractivity contribution in [2.24, 2.45) is 0 Å². The largest absolute Gasteiger partial charge is 0.477 e. The Bertz CT molecular complexity index is 561. The lowest BCUT2D eigenvalue weighted by Crippen LogP contribution is -2.00. The molecule has 1 aromatic carbocycles. The molecule has 80 valence electrons. The summed E-state index contributed by atoms with van der Waals surface area (Å²) >= 11 is 0. The van der Waals surface area contributed by atoms with Crippen molar-refractivity contribution < 1.29 is 9.90 Å². The van der Waals surface area contributed by atoms with E-state index in [0.29, 0.717) is 5.52 Å². The van der Waals surface area contributed by atoms with Crippen molar-refractivity contribution in [2.45, 2.75) is 6.42 Å². The first-order valence-corrected chi connectivity index (χ1v) is 4.95. The van der Waals surface area contributed by atoms with Gasteiger partial charge in [0.1, 0.15) is 5.69 Å². The molecule has 3 heteroatoms. The van der Waals surface area contributed by atoms with E-state index in [1.165, 1.54) is 6.07 Å². The number of nitrogens with zero attached hydrogens (tertiary/aromatic N) is 1. The van der Waals surface area contributed by atoms with E-state index in [1.54, 1.807) is 6.07 Å². The zero-order valence-electron chi connectivity index (χ0n) is 8.68. The van der Waals surface area contributed by atoms with Crippen molar-refractivity contribution in [1.82, 2.24) is 4.98 Å². The van der Waals surface area contributed by atoms with Crippen LogP contribution in [0.3, 0.4) is 0 Å². The Morgan fingerprint density at radius 1 is 1.38 bits per heavy atom. The van der Waals surface area contributed by atoms with Crippen LogP contribution in [0.1, 0.15) is 16.1 Å². The van der Waals surface area contributed by atoms with Gasteiger partial charge in [-0.05, 0) is 24.1 Å². The predicted octanol–water partition coefficient (Wildman–Crippen LogP) is 2.66. The third-order valence-electron chi connectivity index (χ3n) is 2.41. The van der Waals surface area contributed by atoms with Gasteiger partial charge in [-0.1, -0.05) is 24.3 Å². The van der Waals surface area contributed by atoms with E-state index in [9.17, 15) is 4.79 Å². The number of aromatic nitrogens is 1. The molecular formula is C13H11NO2. The fourth-order valence-corrected chi connectivity index (χ4v) is 1.67.